The van der Waals surface area contributed by atoms with Crippen molar-refractivity contribution in [1.82, 2.24) is 14.9 Å². The molecule has 0 spiro atoms. The van der Waals surface area contributed by atoms with Crippen molar-refractivity contribution in [2.24, 2.45) is 0 Å². The van der Waals surface area contributed by atoms with Crippen molar-refractivity contribution in [2.75, 3.05) is 13.1 Å². The lowest BCUT2D eigenvalue weighted by Crippen LogP contribution is -2.37. The Morgan fingerprint density at radius 3 is 2.59 bits per heavy atom. The van der Waals surface area contributed by atoms with Crippen LogP contribution in [-0.4, -0.2) is 33.9 Å². The first-order valence-corrected chi connectivity index (χ1v) is 10.9. The van der Waals surface area contributed by atoms with Gasteiger partial charge in [0.1, 0.15) is 4.88 Å². The summed E-state index contributed by atoms with van der Waals surface area (Å²) in [6, 6.07) is 18.5. The third-order valence-electron chi connectivity index (χ3n) is 5.82. The molecule has 3 heterocycles. The summed E-state index contributed by atoms with van der Waals surface area (Å²) in [6.07, 6.45) is 4.13. The second kappa shape index (κ2) is 7.48. The Labute approximate surface area is 174 Å². The minimum atomic E-state index is 0.117. The van der Waals surface area contributed by atoms with E-state index in [0.29, 0.717) is 5.92 Å². The van der Waals surface area contributed by atoms with Crippen molar-refractivity contribution >= 4 is 28.1 Å². The number of para-hydroxylation sites is 1. The molecule has 5 rings (SSSR count). The van der Waals surface area contributed by atoms with Crippen LogP contribution in [0.1, 0.15) is 39.0 Å². The molecule has 4 aromatic rings. The lowest BCUT2D eigenvalue weighted by Gasteiger charge is -2.32. The number of hydrogen-bond acceptors (Lipinski definition) is 3. The van der Waals surface area contributed by atoms with E-state index in [2.05, 4.69) is 40.4 Å². The minimum Gasteiger partial charge on any atom is -0.361 e. The molecule has 0 radical (unpaired) electrons. The van der Waals surface area contributed by atoms with Crippen molar-refractivity contribution in [3.63, 3.8) is 0 Å². The number of hydrogen-bond donors (Lipinski definition) is 1. The molecule has 0 bridgehead atoms. The summed E-state index contributed by atoms with van der Waals surface area (Å²) < 4.78 is 0. The molecule has 2 aromatic carbocycles. The zero-order chi connectivity index (χ0) is 19.8. The van der Waals surface area contributed by atoms with Crippen LogP contribution in [0.15, 0.2) is 60.8 Å². The molecule has 1 saturated heterocycles. The number of benzene rings is 2. The number of nitrogens with zero attached hydrogens (tertiary/aromatic N) is 2. The van der Waals surface area contributed by atoms with Crippen LogP contribution in [0.3, 0.4) is 0 Å². The normalized spacial score (nSPS) is 15.1. The van der Waals surface area contributed by atoms with E-state index in [-0.39, 0.29) is 5.91 Å². The van der Waals surface area contributed by atoms with Crippen LogP contribution in [0.5, 0.6) is 0 Å². The van der Waals surface area contributed by atoms with Gasteiger partial charge in [0, 0.05) is 35.8 Å². The molecule has 29 heavy (non-hydrogen) atoms. The van der Waals surface area contributed by atoms with E-state index >= 15 is 0 Å². The second-order valence-corrected chi connectivity index (χ2v) is 8.84. The number of piperidine rings is 1. The van der Waals surface area contributed by atoms with Gasteiger partial charge in [-0.1, -0.05) is 48.5 Å². The predicted octanol–water partition coefficient (Wildman–Crippen LogP) is 5.62. The molecule has 146 valence electrons. The number of fused-ring (bicyclic) bond motifs is 1. The Balaban J connectivity index is 1.35. The second-order valence-electron chi connectivity index (χ2n) is 7.63. The maximum atomic E-state index is 13.3. The van der Waals surface area contributed by atoms with E-state index < -0.39 is 0 Å². The zero-order valence-corrected chi connectivity index (χ0v) is 17.2. The van der Waals surface area contributed by atoms with Crippen molar-refractivity contribution in [1.29, 1.82) is 0 Å². The third-order valence-corrected chi connectivity index (χ3v) is 6.78. The van der Waals surface area contributed by atoms with Crippen LogP contribution >= 0.6 is 11.3 Å². The Kier molecular flexibility index (Phi) is 4.68. The van der Waals surface area contributed by atoms with Crippen LogP contribution < -0.4 is 0 Å². The highest BCUT2D eigenvalue weighted by Gasteiger charge is 2.28. The Bertz CT molecular complexity index is 1150. The molecule has 0 aliphatic carbocycles. The number of amides is 1. The Morgan fingerprint density at radius 2 is 1.79 bits per heavy atom. The summed E-state index contributed by atoms with van der Waals surface area (Å²) >= 11 is 1.50. The first-order chi connectivity index (χ1) is 14.2. The summed E-state index contributed by atoms with van der Waals surface area (Å²) in [5.41, 5.74) is 4.39. The summed E-state index contributed by atoms with van der Waals surface area (Å²) in [5.74, 6) is 0.610. The number of aryl methyl sites for hydroxylation is 1. The molecule has 1 N–H and O–H groups in total. The molecule has 1 fully saturated rings. The first kappa shape index (κ1) is 18.1. The molecule has 0 saturated carbocycles. The van der Waals surface area contributed by atoms with Gasteiger partial charge >= 0.3 is 0 Å². The number of carbonyl (C=O) groups excluding carboxylic acids is 1. The number of H-pyrrole nitrogens is 1. The fourth-order valence-corrected chi connectivity index (χ4v) is 5.24. The SMILES string of the molecule is Cc1nc(-c2ccccc2)c(C(=O)N2CCC(c3c[nH]c4ccccc34)CC2)s1. The van der Waals surface area contributed by atoms with E-state index in [4.69, 9.17) is 0 Å². The average Bonchev–Trinajstić information content (AvgIpc) is 3.38. The molecular formula is C24H23N3OS. The van der Waals surface area contributed by atoms with Gasteiger partial charge in [-0.2, -0.15) is 0 Å². The van der Waals surface area contributed by atoms with Gasteiger partial charge in [0.25, 0.3) is 5.91 Å². The lowest BCUT2D eigenvalue weighted by atomic mass is 9.89. The molecule has 1 amide bonds. The third kappa shape index (κ3) is 3.36. The van der Waals surface area contributed by atoms with Gasteiger partial charge in [0.15, 0.2) is 0 Å². The van der Waals surface area contributed by atoms with Crippen LogP contribution in [0.25, 0.3) is 22.2 Å². The molecule has 4 nitrogen and oxygen atoms in total. The molecular weight excluding hydrogens is 378 g/mol. The molecule has 0 atom stereocenters. The van der Waals surface area contributed by atoms with Crippen molar-refractivity contribution < 1.29 is 4.79 Å². The van der Waals surface area contributed by atoms with Gasteiger partial charge in [-0.3, -0.25) is 4.79 Å². The molecule has 5 heteroatoms. The van der Waals surface area contributed by atoms with Crippen molar-refractivity contribution in [3.8, 4) is 11.3 Å². The fraction of sp³-hybridized carbons (Fsp3) is 0.250. The predicted molar refractivity (Wildman–Crippen MR) is 118 cm³/mol. The van der Waals surface area contributed by atoms with Gasteiger partial charge in [-0.15, -0.1) is 11.3 Å². The van der Waals surface area contributed by atoms with Crippen LogP contribution in [0, 0.1) is 6.92 Å². The smallest absolute Gasteiger partial charge is 0.266 e. The van der Waals surface area contributed by atoms with E-state index in [1.54, 1.807) is 0 Å². The number of nitrogens with one attached hydrogen (secondary N) is 1. The highest BCUT2D eigenvalue weighted by molar-refractivity contribution is 7.14. The summed E-state index contributed by atoms with van der Waals surface area (Å²) in [6.45, 7) is 3.54. The lowest BCUT2D eigenvalue weighted by molar-refractivity contribution is 0.0719. The topological polar surface area (TPSA) is 49.0 Å². The largest absolute Gasteiger partial charge is 0.361 e. The number of carbonyl (C=O) groups is 1. The number of likely N-dealkylation sites (tertiary alicyclic amines) is 1. The van der Waals surface area contributed by atoms with Crippen LogP contribution in [0.2, 0.25) is 0 Å². The number of thiazole rings is 1. The van der Waals surface area contributed by atoms with Crippen LogP contribution in [-0.2, 0) is 0 Å². The maximum absolute atomic E-state index is 13.3. The zero-order valence-electron chi connectivity index (χ0n) is 16.4. The fourth-order valence-electron chi connectivity index (χ4n) is 4.33. The summed E-state index contributed by atoms with van der Waals surface area (Å²) in [5, 5.41) is 2.24. The summed E-state index contributed by atoms with van der Waals surface area (Å²) in [4.78, 5) is 24.1. The minimum absolute atomic E-state index is 0.117. The Hall–Kier alpha value is -2.92. The van der Waals surface area contributed by atoms with Gasteiger partial charge < -0.3 is 9.88 Å². The Morgan fingerprint density at radius 1 is 1.07 bits per heavy atom. The van der Waals surface area contributed by atoms with Crippen molar-refractivity contribution in [2.45, 2.75) is 25.7 Å². The standard InChI is InChI=1S/C24H23N3OS/c1-16-26-22(18-7-3-2-4-8-18)23(29-16)24(28)27-13-11-17(12-14-27)20-15-25-21-10-6-5-9-19(20)21/h2-10,15,17,25H,11-14H2,1H3. The highest BCUT2D eigenvalue weighted by Crippen LogP contribution is 2.35. The average molecular weight is 402 g/mol. The molecule has 2 aromatic heterocycles. The van der Waals surface area contributed by atoms with Crippen molar-refractivity contribution in [3.05, 3.63) is 76.2 Å². The number of aromatic amines is 1. The number of rotatable bonds is 3. The van der Waals surface area contributed by atoms with E-state index in [1.807, 2.05) is 42.2 Å². The van der Waals surface area contributed by atoms with Gasteiger partial charge in [-0.25, -0.2) is 4.98 Å². The van der Waals surface area contributed by atoms with Gasteiger partial charge in [0.05, 0.1) is 10.7 Å². The van der Waals surface area contributed by atoms with Gasteiger partial charge in [-0.05, 0) is 37.3 Å². The van der Waals surface area contributed by atoms with E-state index in [1.165, 1.54) is 27.8 Å². The highest BCUT2D eigenvalue weighted by atomic mass is 32.1. The molecule has 1 aliphatic heterocycles. The maximum Gasteiger partial charge on any atom is 0.266 e. The van der Waals surface area contributed by atoms with Crippen LogP contribution in [0.4, 0.5) is 0 Å². The van der Waals surface area contributed by atoms with Gasteiger partial charge in [0.2, 0.25) is 0 Å². The molecule has 0 unspecified atom stereocenters. The van der Waals surface area contributed by atoms with E-state index in [0.717, 1.165) is 47.1 Å². The quantitative estimate of drug-likeness (QED) is 0.484. The molecule has 1 aliphatic rings. The number of aromatic nitrogens is 2. The van der Waals surface area contributed by atoms with E-state index in [9.17, 15) is 4.79 Å². The summed E-state index contributed by atoms with van der Waals surface area (Å²) in [7, 11) is 0. The first-order valence-electron chi connectivity index (χ1n) is 10.1. The monoisotopic (exact) mass is 401 g/mol.